The number of nitrogens with zero attached hydrogens (tertiary/aromatic N) is 4. The number of ether oxygens (including phenoxy) is 1. The Kier molecular flexibility index (Phi) is 3.59. The van der Waals surface area contributed by atoms with Gasteiger partial charge in [0.25, 0.3) is 5.56 Å². The minimum atomic E-state index is -1.32. The highest BCUT2D eigenvalue weighted by Crippen LogP contribution is 2.30. The molecule has 0 radical (unpaired) electrons. The van der Waals surface area contributed by atoms with Crippen molar-refractivity contribution < 1.29 is 14.6 Å². The summed E-state index contributed by atoms with van der Waals surface area (Å²) < 4.78 is 6.31. The van der Waals surface area contributed by atoms with Crippen molar-refractivity contribution in [3.05, 3.63) is 43.0 Å². The fraction of sp³-hybridized carbons (Fsp3) is 0.500. The minimum Gasteiger partial charge on any atom is -0.479 e. The van der Waals surface area contributed by atoms with Crippen molar-refractivity contribution in [1.82, 2.24) is 9.55 Å². The Morgan fingerprint density at radius 2 is 2.35 bits per heavy atom. The molecule has 1 aliphatic heterocycles. The Morgan fingerprint density at radius 3 is 2.95 bits per heavy atom. The molecule has 0 bridgehead atoms. The number of aromatic nitrogens is 2. The third kappa shape index (κ3) is 2.42. The topological polar surface area (TPSA) is 150 Å². The number of carbonyl (C=O) groups is 1. The van der Waals surface area contributed by atoms with Crippen LogP contribution in [0, 0.1) is 6.92 Å². The number of H-pyrrole nitrogens is 1. The molecule has 0 amide bonds. The maximum atomic E-state index is 11.7. The van der Waals surface area contributed by atoms with Crippen LogP contribution in [0.2, 0.25) is 0 Å². The molecule has 0 unspecified atom stereocenters. The number of azide groups is 1. The molecule has 0 spiro atoms. The van der Waals surface area contributed by atoms with Gasteiger partial charge >= 0.3 is 11.7 Å². The number of carboxylic acid groups (broad SMARTS) is 1. The lowest BCUT2D eigenvalue weighted by Crippen LogP contribution is -2.34. The van der Waals surface area contributed by atoms with Gasteiger partial charge in [0, 0.05) is 23.1 Å². The standard InChI is InChI=1S/C10H11N5O5/c1-4-3-15(10(19)12-8(4)16)6-2-5(13-14-11)7(20-6)9(17)18/h3,5-7H,2H2,1H3,(H,17,18)(H,12,16,19)/t5-,6+,7+/m0/s1. The second kappa shape index (κ2) is 5.19. The third-order valence-electron chi connectivity index (χ3n) is 3.00. The Balaban J connectivity index is 2.38. The van der Waals surface area contributed by atoms with E-state index in [0.717, 1.165) is 4.57 Å². The van der Waals surface area contributed by atoms with E-state index in [1.807, 2.05) is 0 Å². The average molecular weight is 281 g/mol. The number of nitrogens with one attached hydrogen (secondary N) is 1. The molecule has 1 aliphatic rings. The SMILES string of the molecule is Cc1cn([C@H]2C[C@H](N=[N+]=[N-])[C@H](C(=O)O)O2)c(=O)[nH]c1=O. The Hall–Kier alpha value is -2.58. The molecule has 0 aromatic carbocycles. The zero-order valence-electron chi connectivity index (χ0n) is 10.4. The van der Waals surface area contributed by atoms with Gasteiger partial charge in [-0.2, -0.15) is 0 Å². The van der Waals surface area contributed by atoms with Crippen LogP contribution < -0.4 is 11.2 Å². The van der Waals surface area contributed by atoms with Gasteiger partial charge in [0.15, 0.2) is 6.10 Å². The first kappa shape index (κ1) is 13.8. The summed E-state index contributed by atoms with van der Waals surface area (Å²) in [5.41, 5.74) is 7.46. The van der Waals surface area contributed by atoms with Gasteiger partial charge in [-0.05, 0) is 12.5 Å². The number of aryl methyl sites for hydroxylation is 1. The summed E-state index contributed by atoms with van der Waals surface area (Å²) in [6.07, 6.45) is -0.917. The summed E-state index contributed by atoms with van der Waals surface area (Å²) in [5, 5.41) is 12.3. The maximum Gasteiger partial charge on any atom is 0.333 e. The molecule has 2 rings (SSSR count). The molecule has 0 saturated carbocycles. The fourth-order valence-corrected chi connectivity index (χ4v) is 2.02. The molecule has 10 heteroatoms. The molecule has 106 valence electrons. The molecule has 2 N–H and O–H groups in total. The van der Waals surface area contributed by atoms with Crippen LogP contribution in [-0.4, -0.2) is 32.8 Å². The number of aromatic amines is 1. The van der Waals surface area contributed by atoms with E-state index in [9.17, 15) is 14.4 Å². The number of carboxylic acids is 1. The zero-order chi connectivity index (χ0) is 14.9. The Labute approximate surface area is 111 Å². The van der Waals surface area contributed by atoms with Crippen LogP contribution in [0.25, 0.3) is 10.4 Å². The average Bonchev–Trinajstić information content (AvgIpc) is 2.78. The Bertz CT molecular complexity index is 691. The highest BCUT2D eigenvalue weighted by atomic mass is 16.5. The van der Waals surface area contributed by atoms with Crippen molar-refractivity contribution in [2.45, 2.75) is 31.7 Å². The molecule has 1 aromatic heterocycles. The monoisotopic (exact) mass is 281 g/mol. The van der Waals surface area contributed by atoms with Gasteiger partial charge in [0.1, 0.15) is 6.23 Å². The van der Waals surface area contributed by atoms with E-state index in [0.29, 0.717) is 0 Å². The highest BCUT2D eigenvalue weighted by molar-refractivity contribution is 5.73. The smallest absolute Gasteiger partial charge is 0.333 e. The lowest BCUT2D eigenvalue weighted by atomic mass is 10.1. The van der Waals surface area contributed by atoms with Gasteiger partial charge in [0.05, 0.1) is 6.04 Å². The van der Waals surface area contributed by atoms with Crippen LogP contribution in [0.4, 0.5) is 0 Å². The first-order valence-electron chi connectivity index (χ1n) is 5.68. The molecule has 1 aromatic rings. The van der Waals surface area contributed by atoms with Crippen LogP contribution >= 0.6 is 0 Å². The second-order valence-electron chi connectivity index (χ2n) is 4.34. The molecular weight excluding hydrogens is 270 g/mol. The third-order valence-corrected chi connectivity index (χ3v) is 3.00. The van der Waals surface area contributed by atoms with Crippen LogP contribution in [0.3, 0.4) is 0 Å². The van der Waals surface area contributed by atoms with Gasteiger partial charge < -0.3 is 9.84 Å². The predicted molar refractivity (Wildman–Crippen MR) is 65.2 cm³/mol. The summed E-state index contributed by atoms with van der Waals surface area (Å²) >= 11 is 0. The summed E-state index contributed by atoms with van der Waals surface area (Å²) in [5.74, 6) is -1.28. The number of hydrogen-bond acceptors (Lipinski definition) is 5. The van der Waals surface area contributed by atoms with Crippen molar-refractivity contribution >= 4 is 5.97 Å². The molecule has 2 heterocycles. The van der Waals surface area contributed by atoms with E-state index in [1.54, 1.807) is 0 Å². The highest BCUT2D eigenvalue weighted by Gasteiger charge is 2.40. The second-order valence-corrected chi connectivity index (χ2v) is 4.34. The molecule has 1 saturated heterocycles. The van der Waals surface area contributed by atoms with Gasteiger partial charge in [0.2, 0.25) is 0 Å². The molecule has 0 aliphatic carbocycles. The number of hydrogen-bond donors (Lipinski definition) is 2. The first-order chi connectivity index (χ1) is 9.43. The maximum absolute atomic E-state index is 11.7. The molecular formula is C10H11N5O5. The van der Waals surface area contributed by atoms with Crippen molar-refractivity contribution in [1.29, 1.82) is 0 Å². The van der Waals surface area contributed by atoms with Crippen LogP contribution in [0.1, 0.15) is 18.2 Å². The largest absolute Gasteiger partial charge is 0.479 e. The van der Waals surface area contributed by atoms with Crippen LogP contribution in [-0.2, 0) is 9.53 Å². The number of aliphatic carboxylic acids is 1. The van der Waals surface area contributed by atoms with Gasteiger partial charge in [-0.1, -0.05) is 5.11 Å². The first-order valence-corrected chi connectivity index (χ1v) is 5.68. The van der Waals surface area contributed by atoms with Gasteiger partial charge in [-0.25, -0.2) is 9.59 Å². The quantitative estimate of drug-likeness (QED) is 0.450. The summed E-state index contributed by atoms with van der Waals surface area (Å²) in [4.78, 5) is 38.7. The summed E-state index contributed by atoms with van der Waals surface area (Å²) in [6.45, 7) is 1.50. The normalized spacial score (nSPS) is 25.1. The molecule has 20 heavy (non-hydrogen) atoms. The molecule has 1 fully saturated rings. The minimum absolute atomic E-state index is 0.0341. The Morgan fingerprint density at radius 1 is 1.65 bits per heavy atom. The van der Waals surface area contributed by atoms with Crippen molar-refractivity contribution in [3.8, 4) is 0 Å². The molecule has 3 atom stereocenters. The van der Waals surface area contributed by atoms with E-state index in [2.05, 4.69) is 15.0 Å². The number of rotatable bonds is 3. The van der Waals surface area contributed by atoms with E-state index >= 15 is 0 Å². The van der Waals surface area contributed by atoms with Crippen molar-refractivity contribution in [3.63, 3.8) is 0 Å². The summed E-state index contributed by atoms with van der Waals surface area (Å²) in [7, 11) is 0. The van der Waals surface area contributed by atoms with Crippen molar-refractivity contribution in [2.24, 2.45) is 5.11 Å². The van der Waals surface area contributed by atoms with Crippen LogP contribution in [0.15, 0.2) is 20.9 Å². The van der Waals surface area contributed by atoms with Gasteiger partial charge in [-0.3, -0.25) is 14.3 Å². The van der Waals surface area contributed by atoms with E-state index in [-0.39, 0.29) is 12.0 Å². The van der Waals surface area contributed by atoms with Gasteiger partial charge in [-0.15, -0.1) is 0 Å². The van der Waals surface area contributed by atoms with Crippen LogP contribution in [0.5, 0.6) is 0 Å². The van der Waals surface area contributed by atoms with E-state index in [4.69, 9.17) is 15.4 Å². The lowest BCUT2D eigenvalue weighted by Gasteiger charge is -2.14. The lowest BCUT2D eigenvalue weighted by molar-refractivity contribution is -0.152. The fourth-order valence-electron chi connectivity index (χ4n) is 2.02. The molecule has 10 nitrogen and oxygen atoms in total. The van der Waals surface area contributed by atoms with E-state index in [1.165, 1.54) is 13.1 Å². The van der Waals surface area contributed by atoms with Crippen molar-refractivity contribution in [2.75, 3.05) is 0 Å². The summed E-state index contributed by atoms with van der Waals surface area (Å²) in [6, 6.07) is -0.915. The predicted octanol–water partition coefficient (Wildman–Crippen LogP) is -0.104. The van der Waals surface area contributed by atoms with E-state index < -0.39 is 35.6 Å². The zero-order valence-corrected chi connectivity index (χ0v) is 10.4.